The zero-order valence-electron chi connectivity index (χ0n) is 9.73. The van der Waals surface area contributed by atoms with Gasteiger partial charge in [0.2, 0.25) is 0 Å². The molecule has 0 saturated carbocycles. The zero-order chi connectivity index (χ0) is 12.3. The topological polar surface area (TPSA) is 70.2 Å². The van der Waals surface area contributed by atoms with Gasteiger partial charge in [-0.1, -0.05) is 18.2 Å². The Morgan fingerprint density at radius 3 is 2.94 bits per heavy atom. The molecule has 6 heteroatoms. The smallest absolute Gasteiger partial charge is 0.276 e. The molecule has 1 aromatic carbocycles. The lowest BCUT2D eigenvalue weighted by molar-refractivity contribution is 0.564. The maximum absolute atomic E-state index is 11.2. The maximum atomic E-state index is 11.2. The number of hydrogen-bond donors (Lipinski definition) is 3. The molecule has 0 aliphatic carbocycles. The fourth-order valence-corrected chi connectivity index (χ4v) is 2.59. The number of fused-ring (bicyclic) bond motifs is 1. The normalized spacial score (nSPS) is 18.8. The van der Waals surface area contributed by atoms with E-state index in [2.05, 4.69) is 20.8 Å². The minimum atomic E-state index is -3.31. The largest absolute Gasteiger partial charge is 0.384 e. The standard InChI is InChI=1S/C11H17N3O2S/c1-12-17(15,16)14-7-6-9-8-13-11-5-3-2-4-10(9)11/h2-5,9,12-14H,6-8H2,1H3. The molecule has 0 saturated heterocycles. The summed E-state index contributed by atoms with van der Waals surface area (Å²) in [5.74, 6) is 0.380. The number of para-hydroxylation sites is 1. The van der Waals surface area contributed by atoms with E-state index in [1.54, 1.807) is 0 Å². The van der Waals surface area contributed by atoms with Crippen molar-refractivity contribution in [2.45, 2.75) is 12.3 Å². The van der Waals surface area contributed by atoms with Crippen molar-refractivity contribution < 1.29 is 8.42 Å². The first-order valence-corrected chi connectivity index (χ1v) is 7.11. The highest BCUT2D eigenvalue weighted by Gasteiger charge is 2.21. The Hall–Kier alpha value is -1.11. The second kappa shape index (κ2) is 5.03. The van der Waals surface area contributed by atoms with E-state index < -0.39 is 10.2 Å². The zero-order valence-corrected chi connectivity index (χ0v) is 10.5. The highest BCUT2D eigenvalue weighted by atomic mass is 32.2. The van der Waals surface area contributed by atoms with Gasteiger partial charge in [-0.2, -0.15) is 8.42 Å². The maximum Gasteiger partial charge on any atom is 0.276 e. The van der Waals surface area contributed by atoms with Gasteiger partial charge in [0.25, 0.3) is 10.2 Å². The first-order chi connectivity index (χ1) is 8.12. The highest BCUT2D eigenvalue weighted by Crippen LogP contribution is 2.32. The summed E-state index contributed by atoms with van der Waals surface area (Å²) in [6.45, 7) is 1.32. The van der Waals surface area contributed by atoms with Crippen LogP contribution in [0.1, 0.15) is 17.9 Å². The van der Waals surface area contributed by atoms with Crippen LogP contribution in [0.4, 0.5) is 5.69 Å². The predicted molar refractivity (Wildman–Crippen MR) is 68.3 cm³/mol. The summed E-state index contributed by atoms with van der Waals surface area (Å²) >= 11 is 0. The third-order valence-corrected chi connectivity index (χ3v) is 4.11. The van der Waals surface area contributed by atoms with E-state index in [9.17, 15) is 8.42 Å². The second-order valence-corrected chi connectivity index (χ2v) is 5.76. The van der Waals surface area contributed by atoms with Crippen LogP contribution in [0, 0.1) is 0 Å². The van der Waals surface area contributed by atoms with Crippen molar-refractivity contribution in [3.05, 3.63) is 29.8 Å². The van der Waals surface area contributed by atoms with Crippen molar-refractivity contribution >= 4 is 15.9 Å². The van der Waals surface area contributed by atoms with E-state index >= 15 is 0 Å². The molecule has 1 aliphatic heterocycles. The lowest BCUT2D eigenvalue weighted by atomic mass is 9.98. The number of hydrogen-bond acceptors (Lipinski definition) is 3. The molecule has 94 valence electrons. The summed E-state index contributed by atoms with van der Waals surface area (Å²) in [7, 11) is -1.91. The summed E-state index contributed by atoms with van der Waals surface area (Å²) in [4.78, 5) is 0. The van der Waals surface area contributed by atoms with E-state index in [1.165, 1.54) is 12.6 Å². The average molecular weight is 255 g/mol. The van der Waals surface area contributed by atoms with Crippen molar-refractivity contribution in [3.8, 4) is 0 Å². The van der Waals surface area contributed by atoms with Crippen LogP contribution in [0.15, 0.2) is 24.3 Å². The van der Waals surface area contributed by atoms with Gasteiger partial charge < -0.3 is 5.32 Å². The molecule has 5 nitrogen and oxygen atoms in total. The SMILES string of the molecule is CNS(=O)(=O)NCCC1CNc2ccccc21. The molecular weight excluding hydrogens is 238 g/mol. The molecule has 0 amide bonds. The van der Waals surface area contributed by atoms with Gasteiger partial charge in [-0.05, 0) is 18.1 Å². The fraction of sp³-hybridized carbons (Fsp3) is 0.455. The van der Waals surface area contributed by atoms with Gasteiger partial charge in [0.05, 0.1) is 0 Å². The molecule has 0 radical (unpaired) electrons. The molecule has 1 atom stereocenters. The molecule has 1 heterocycles. The Labute approximate surface area is 102 Å². The minimum absolute atomic E-state index is 0.380. The van der Waals surface area contributed by atoms with Gasteiger partial charge in [-0.25, -0.2) is 9.44 Å². The quantitative estimate of drug-likeness (QED) is 0.723. The number of nitrogens with one attached hydrogen (secondary N) is 3. The van der Waals surface area contributed by atoms with Gasteiger partial charge in [0.15, 0.2) is 0 Å². The van der Waals surface area contributed by atoms with Crippen LogP contribution in [0.25, 0.3) is 0 Å². The molecule has 2 rings (SSSR count). The Morgan fingerprint density at radius 1 is 1.41 bits per heavy atom. The summed E-state index contributed by atoms with van der Waals surface area (Å²) in [6.07, 6.45) is 0.797. The molecule has 17 heavy (non-hydrogen) atoms. The molecule has 1 aliphatic rings. The lowest BCUT2D eigenvalue weighted by Crippen LogP contribution is -2.35. The van der Waals surface area contributed by atoms with Crippen molar-refractivity contribution in [3.63, 3.8) is 0 Å². The lowest BCUT2D eigenvalue weighted by Gasteiger charge is -2.10. The molecule has 0 fully saturated rings. The third-order valence-electron chi connectivity index (χ3n) is 2.99. The number of rotatable bonds is 5. The van der Waals surface area contributed by atoms with Crippen molar-refractivity contribution in [2.24, 2.45) is 0 Å². The monoisotopic (exact) mass is 255 g/mol. The number of benzene rings is 1. The van der Waals surface area contributed by atoms with Gasteiger partial charge in [0.1, 0.15) is 0 Å². The van der Waals surface area contributed by atoms with Crippen LogP contribution in [0.2, 0.25) is 0 Å². The van der Waals surface area contributed by atoms with Gasteiger partial charge >= 0.3 is 0 Å². The summed E-state index contributed by atoms with van der Waals surface area (Å²) in [5, 5.41) is 3.32. The molecule has 3 N–H and O–H groups in total. The fourth-order valence-electron chi connectivity index (χ4n) is 2.05. The van der Waals surface area contributed by atoms with Gasteiger partial charge in [-0.15, -0.1) is 0 Å². The summed E-state index contributed by atoms with van der Waals surface area (Å²) in [6, 6.07) is 8.15. The van der Waals surface area contributed by atoms with E-state index in [0.717, 1.165) is 18.7 Å². The van der Waals surface area contributed by atoms with Crippen LogP contribution in [-0.2, 0) is 10.2 Å². The van der Waals surface area contributed by atoms with Crippen LogP contribution in [-0.4, -0.2) is 28.6 Å². The molecule has 1 unspecified atom stereocenters. The van der Waals surface area contributed by atoms with Crippen LogP contribution < -0.4 is 14.8 Å². The Bertz CT molecular complexity index is 487. The van der Waals surface area contributed by atoms with Crippen LogP contribution in [0.3, 0.4) is 0 Å². The molecule has 0 bridgehead atoms. The van der Waals surface area contributed by atoms with E-state index in [1.807, 2.05) is 18.2 Å². The third kappa shape index (κ3) is 2.96. The second-order valence-electron chi connectivity index (χ2n) is 4.06. The Balaban J connectivity index is 1.90. The molecule has 1 aromatic rings. The van der Waals surface area contributed by atoms with E-state index in [0.29, 0.717) is 12.5 Å². The van der Waals surface area contributed by atoms with Crippen molar-refractivity contribution in [1.82, 2.24) is 9.44 Å². The van der Waals surface area contributed by atoms with Gasteiger partial charge in [0, 0.05) is 31.7 Å². The van der Waals surface area contributed by atoms with Crippen LogP contribution in [0.5, 0.6) is 0 Å². The minimum Gasteiger partial charge on any atom is -0.384 e. The van der Waals surface area contributed by atoms with Crippen molar-refractivity contribution in [2.75, 3.05) is 25.5 Å². The summed E-state index contributed by atoms with van der Waals surface area (Å²) < 4.78 is 27.1. The van der Waals surface area contributed by atoms with Crippen molar-refractivity contribution in [1.29, 1.82) is 0 Å². The number of anilines is 1. The van der Waals surface area contributed by atoms with Gasteiger partial charge in [-0.3, -0.25) is 0 Å². The highest BCUT2D eigenvalue weighted by molar-refractivity contribution is 7.87. The first kappa shape index (κ1) is 12.3. The molecule has 0 spiro atoms. The Morgan fingerprint density at radius 2 is 2.18 bits per heavy atom. The molecule has 0 aromatic heterocycles. The van der Waals surface area contributed by atoms with E-state index in [4.69, 9.17) is 0 Å². The molecular formula is C11H17N3O2S. The summed E-state index contributed by atoms with van der Waals surface area (Å²) in [5.41, 5.74) is 2.44. The van der Waals surface area contributed by atoms with Crippen LogP contribution >= 0.6 is 0 Å². The first-order valence-electron chi connectivity index (χ1n) is 5.63. The van der Waals surface area contributed by atoms with E-state index in [-0.39, 0.29) is 0 Å². The Kier molecular flexibility index (Phi) is 3.66. The average Bonchev–Trinajstić information content (AvgIpc) is 2.73. The predicted octanol–water partition coefficient (Wildman–Crippen LogP) is 0.640.